The van der Waals surface area contributed by atoms with E-state index in [9.17, 15) is 4.79 Å². The fourth-order valence-corrected chi connectivity index (χ4v) is 2.97. The molecule has 0 saturated heterocycles. The van der Waals surface area contributed by atoms with Crippen LogP contribution < -0.4 is 5.32 Å². The molecule has 2 aromatic heterocycles. The van der Waals surface area contributed by atoms with E-state index in [1.807, 2.05) is 18.2 Å². The molecule has 2 aromatic carbocycles. The number of para-hydroxylation sites is 1. The smallest absolute Gasteiger partial charge is 0.230 e. The summed E-state index contributed by atoms with van der Waals surface area (Å²) < 4.78 is 6.88. The quantitative estimate of drug-likeness (QED) is 0.630. The Hall–Kier alpha value is -3.08. The molecule has 0 fully saturated rings. The Morgan fingerprint density at radius 1 is 1.13 bits per heavy atom. The first-order valence-corrected chi connectivity index (χ1v) is 7.38. The number of rotatable bonds is 3. The summed E-state index contributed by atoms with van der Waals surface area (Å²) in [5.74, 6) is 0.319. The van der Waals surface area contributed by atoms with E-state index in [1.54, 1.807) is 6.07 Å². The van der Waals surface area contributed by atoms with Gasteiger partial charge in [0.15, 0.2) is 5.82 Å². The number of nitrogens with zero attached hydrogens (tertiary/aromatic N) is 2. The molecule has 23 heavy (non-hydrogen) atoms. The number of aromatic nitrogens is 2. The molecule has 0 bridgehead atoms. The summed E-state index contributed by atoms with van der Waals surface area (Å²) in [6.45, 7) is 0. The van der Waals surface area contributed by atoms with Crippen LogP contribution in [0.2, 0.25) is 0 Å². The van der Waals surface area contributed by atoms with E-state index in [1.165, 1.54) is 17.2 Å². The average Bonchev–Trinajstić information content (AvgIpc) is 3.15. The van der Waals surface area contributed by atoms with Gasteiger partial charge in [0.2, 0.25) is 5.91 Å². The van der Waals surface area contributed by atoms with Gasteiger partial charge in [-0.15, -0.1) is 0 Å². The van der Waals surface area contributed by atoms with Crippen LogP contribution in [0.5, 0.6) is 0 Å². The van der Waals surface area contributed by atoms with E-state index in [0.29, 0.717) is 12.2 Å². The molecule has 0 aliphatic heterocycles. The normalized spacial score (nSPS) is 11.2. The summed E-state index contributed by atoms with van der Waals surface area (Å²) >= 11 is 0. The number of hydrogen-bond acceptors (Lipinski definition) is 3. The van der Waals surface area contributed by atoms with Crippen LogP contribution in [0.4, 0.5) is 5.82 Å². The monoisotopic (exact) mass is 305 g/mol. The maximum Gasteiger partial charge on any atom is 0.230 e. The Bertz CT molecular complexity index is 1000. The number of benzene rings is 2. The van der Waals surface area contributed by atoms with Crippen molar-refractivity contribution in [3.05, 3.63) is 60.4 Å². The van der Waals surface area contributed by atoms with Crippen molar-refractivity contribution < 1.29 is 9.32 Å². The van der Waals surface area contributed by atoms with Crippen molar-refractivity contribution in [1.29, 1.82) is 0 Å². The van der Waals surface area contributed by atoms with Crippen LogP contribution in [0.3, 0.4) is 0 Å². The fourth-order valence-electron chi connectivity index (χ4n) is 2.97. The maximum atomic E-state index is 12.1. The van der Waals surface area contributed by atoms with Gasteiger partial charge in [-0.1, -0.05) is 29.4 Å². The summed E-state index contributed by atoms with van der Waals surface area (Å²) in [4.78, 5) is 12.1. The lowest BCUT2D eigenvalue weighted by molar-refractivity contribution is -0.115. The van der Waals surface area contributed by atoms with Crippen molar-refractivity contribution in [1.82, 2.24) is 9.72 Å². The molecular weight excluding hydrogens is 290 g/mol. The van der Waals surface area contributed by atoms with E-state index >= 15 is 0 Å². The highest BCUT2D eigenvalue weighted by Gasteiger charge is 2.10. The van der Waals surface area contributed by atoms with Crippen LogP contribution in [0.1, 0.15) is 5.56 Å². The highest BCUT2D eigenvalue weighted by atomic mass is 16.5. The molecular formula is C18H15N3O2. The molecule has 1 N–H and O–H groups in total. The molecule has 0 aliphatic carbocycles. The van der Waals surface area contributed by atoms with Crippen molar-refractivity contribution in [2.75, 3.05) is 5.32 Å². The number of aryl methyl sites for hydroxylation is 1. The second kappa shape index (κ2) is 5.28. The van der Waals surface area contributed by atoms with Gasteiger partial charge in [-0.25, -0.2) is 0 Å². The van der Waals surface area contributed by atoms with Crippen molar-refractivity contribution in [2.24, 2.45) is 7.05 Å². The van der Waals surface area contributed by atoms with E-state index < -0.39 is 0 Å². The molecule has 4 rings (SSSR count). The van der Waals surface area contributed by atoms with Crippen molar-refractivity contribution in [3.63, 3.8) is 0 Å². The molecule has 0 unspecified atom stereocenters. The third-order valence-electron chi connectivity index (χ3n) is 4.05. The van der Waals surface area contributed by atoms with Gasteiger partial charge in [0.1, 0.15) is 6.26 Å². The van der Waals surface area contributed by atoms with Crippen LogP contribution >= 0.6 is 0 Å². The van der Waals surface area contributed by atoms with E-state index in [0.717, 1.165) is 16.5 Å². The lowest BCUT2D eigenvalue weighted by Gasteiger charge is -2.03. The number of fused-ring (bicyclic) bond motifs is 3. The van der Waals surface area contributed by atoms with Gasteiger partial charge in [0.25, 0.3) is 0 Å². The highest BCUT2D eigenvalue weighted by molar-refractivity contribution is 6.08. The molecule has 5 nitrogen and oxygen atoms in total. The summed E-state index contributed by atoms with van der Waals surface area (Å²) in [5.41, 5.74) is 3.31. The molecule has 0 atom stereocenters. The first-order chi connectivity index (χ1) is 11.2. The van der Waals surface area contributed by atoms with Gasteiger partial charge in [-0.05, 0) is 23.8 Å². The number of hydrogen-bond donors (Lipinski definition) is 1. The van der Waals surface area contributed by atoms with Gasteiger partial charge in [0, 0.05) is 34.9 Å². The maximum absolute atomic E-state index is 12.1. The number of nitrogens with one attached hydrogen (secondary N) is 1. The Morgan fingerprint density at radius 2 is 1.96 bits per heavy atom. The van der Waals surface area contributed by atoms with Crippen molar-refractivity contribution in [2.45, 2.75) is 6.42 Å². The molecule has 0 aliphatic rings. The number of carbonyl (C=O) groups is 1. The Kier molecular flexibility index (Phi) is 3.12. The predicted molar refractivity (Wildman–Crippen MR) is 89.3 cm³/mol. The topological polar surface area (TPSA) is 60.1 Å². The lowest BCUT2D eigenvalue weighted by Crippen LogP contribution is -2.14. The van der Waals surface area contributed by atoms with Crippen LogP contribution in [0, 0.1) is 0 Å². The minimum atomic E-state index is -0.113. The van der Waals surface area contributed by atoms with Gasteiger partial charge in [-0.3, -0.25) is 4.79 Å². The molecule has 0 saturated carbocycles. The number of anilines is 1. The summed E-state index contributed by atoms with van der Waals surface area (Å²) in [7, 11) is 2.06. The second-order valence-electron chi connectivity index (χ2n) is 5.54. The number of carbonyl (C=O) groups excluding carboxylic acids is 1. The third kappa shape index (κ3) is 2.36. The molecule has 0 radical (unpaired) electrons. The van der Waals surface area contributed by atoms with Gasteiger partial charge in [-0.2, -0.15) is 0 Å². The van der Waals surface area contributed by atoms with E-state index in [2.05, 4.69) is 46.4 Å². The minimum absolute atomic E-state index is 0.113. The largest absolute Gasteiger partial charge is 0.363 e. The molecule has 2 heterocycles. The number of amides is 1. The van der Waals surface area contributed by atoms with Gasteiger partial charge in [0.05, 0.1) is 6.42 Å². The van der Waals surface area contributed by atoms with Gasteiger partial charge >= 0.3 is 0 Å². The van der Waals surface area contributed by atoms with Gasteiger partial charge < -0.3 is 14.4 Å². The van der Waals surface area contributed by atoms with E-state index in [4.69, 9.17) is 4.52 Å². The summed E-state index contributed by atoms with van der Waals surface area (Å²) in [6.07, 6.45) is 1.73. The minimum Gasteiger partial charge on any atom is -0.363 e. The zero-order valence-corrected chi connectivity index (χ0v) is 12.6. The van der Waals surface area contributed by atoms with Crippen LogP contribution in [-0.4, -0.2) is 15.6 Å². The zero-order chi connectivity index (χ0) is 15.8. The SMILES string of the molecule is Cn1c2ccccc2c2cc(CC(=O)Nc3ccon3)ccc21. The predicted octanol–water partition coefficient (Wildman–Crippen LogP) is 3.50. The Balaban J connectivity index is 1.68. The van der Waals surface area contributed by atoms with Crippen molar-refractivity contribution >= 4 is 33.5 Å². The van der Waals surface area contributed by atoms with Crippen LogP contribution in [0.15, 0.2) is 59.3 Å². The molecule has 1 amide bonds. The second-order valence-corrected chi connectivity index (χ2v) is 5.54. The first kappa shape index (κ1) is 13.6. The molecule has 114 valence electrons. The van der Waals surface area contributed by atoms with Crippen LogP contribution in [0.25, 0.3) is 21.8 Å². The molecule has 4 aromatic rings. The average molecular weight is 305 g/mol. The third-order valence-corrected chi connectivity index (χ3v) is 4.05. The first-order valence-electron chi connectivity index (χ1n) is 7.38. The summed E-state index contributed by atoms with van der Waals surface area (Å²) in [6, 6.07) is 16.0. The van der Waals surface area contributed by atoms with Crippen LogP contribution in [-0.2, 0) is 18.3 Å². The lowest BCUT2D eigenvalue weighted by atomic mass is 10.1. The highest BCUT2D eigenvalue weighted by Crippen LogP contribution is 2.28. The fraction of sp³-hybridized carbons (Fsp3) is 0.111. The van der Waals surface area contributed by atoms with E-state index in [-0.39, 0.29) is 5.91 Å². The molecule has 0 spiro atoms. The Labute approximate surface area is 132 Å². The Morgan fingerprint density at radius 3 is 2.78 bits per heavy atom. The zero-order valence-electron chi connectivity index (χ0n) is 12.6. The summed E-state index contributed by atoms with van der Waals surface area (Å²) in [5, 5.41) is 8.75. The standard InChI is InChI=1S/C18H15N3O2/c1-21-15-5-3-2-4-13(15)14-10-12(6-7-16(14)21)11-18(22)19-17-8-9-23-20-17/h2-10H,11H2,1H3,(H,19,20,22). The van der Waals surface area contributed by atoms with Crippen molar-refractivity contribution in [3.8, 4) is 0 Å². The molecule has 5 heteroatoms.